The van der Waals surface area contributed by atoms with E-state index in [0.29, 0.717) is 13.0 Å². The lowest BCUT2D eigenvalue weighted by molar-refractivity contribution is -0.132. The second kappa shape index (κ2) is 6.40. The summed E-state index contributed by atoms with van der Waals surface area (Å²) in [5.74, 6) is -0.347. The number of likely N-dealkylation sites (N-methyl/N-ethyl adjacent to an activating group) is 1. The minimum absolute atomic E-state index is 0.0161. The van der Waals surface area contributed by atoms with Crippen LogP contribution in [0.5, 0.6) is 0 Å². The number of amides is 2. The molecule has 0 heterocycles. The zero-order valence-corrected chi connectivity index (χ0v) is 9.72. The van der Waals surface area contributed by atoms with Crippen molar-refractivity contribution in [3.8, 4) is 0 Å². The first kappa shape index (κ1) is 13.9. The molecule has 5 nitrogen and oxygen atoms in total. The molecule has 0 saturated heterocycles. The first-order valence-corrected chi connectivity index (χ1v) is 5.25. The number of hydrogen-bond acceptors (Lipinski definition) is 3. The van der Waals surface area contributed by atoms with E-state index < -0.39 is 5.41 Å². The van der Waals surface area contributed by atoms with Crippen LogP contribution < -0.4 is 16.4 Å². The highest BCUT2D eigenvalue weighted by molar-refractivity contribution is 5.87. The molecule has 5 heteroatoms. The van der Waals surface area contributed by atoms with Gasteiger partial charge in [-0.25, -0.2) is 0 Å². The number of nitrogens with one attached hydrogen (secondary N) is 2. The summed E-state index contributed by atoms with van der Waals surface area (Å²) in [6.07, 6.45) is 0.657. The number of carbonyl (C=O) groups is 2. The third-order valence-electron chi connectivity index (χ3n) is 2.56. The largest absolute Gasteiger partial charge is 0.355 e. The summed E-state index contributed by atoms with van der Waals surface area (Å²) in [6, 6.07) is 0. The van der Waals surface area contributed by atoms with Crippen LogP contribution in [-0.2, 0) is 9.59 Å². The number of nitrogens with two attached hydrogens (primary N) is 1. The highest BCUT2D eigenvalue weighted by atomic mass is 16.2. The Balaban J connectivity index is 4.08. The molecule has 1 atom stereocenters. The van der Waals surface area contributed by atoms with Crippen molar-refractivity contribution in [3.05, 3.63) is 0 Å². The molecule has 88 valence electrons. The van der Waals surface area contributed by atoms with E-state index in [1.54, 1.807) is 6.92 Å². The predicted molar refractivity (Wildman–Crippen MR) is 59.1 cm³/mol. The number of hydrogen-bond donors (Lipinski definition) is 3. The zero-order chi connectivity index (χ0) is 11.9. The lowest BCUT2D eigenvalue weighted by Gasteiger charge is -2.24. The van der Waals surface area contributed by atoms with Gasteiger partial charge in [0.15, 0.2) is 0 Å². The second-order valence-corrected chi connectivity index (χ2v) is 3.75. The molecule has 0 aliphatic rings. The summed E-state index contributed by atoms with van der Waals surface area (Å²) in [5, 5.41) is 5.18. The van der Waals surface area contributed by atoms with E-state index in [0.717, 1.165) is 0 Å². The molecule has 0 bridgehead atoms. The van der Waals surface area contributed by atoms with Crippen molar-refractivity contribution in [3.63, 3.8) is 0 Å². The summed E-state index contributed by atoms with van der Waals surface area (Å²) in [6.45, 7) is 6.39. The molecule has 15 heavy (non-hydrogen) atoms. The van der Waals surface area contributed by atoms with Crippen molar-refractivity contribution in [2.45, 2.75) is 27.2 Å². The normalized spacial score (nSPS) is 14.1. The Hall–Kier alpha value is -1.10. The third kappa shape index (κ3) is 4.29. The van der Waals surface area contributed by atoms with Gasteiger partial charge in [0.2, 0.25) is 11.8 Å². The fourth-order valence-electron chi connectivity index (χ4n) is 1.03. The van der Waals surface area contributed by atoms with Crippen molar-refractivity contribution >= 4 is 11.8 Å². The summed E-state index contributed by atoms with van der Waals surface area (Å²) in [5.41, 5.74) is 4.95. The Morgan fingerprint density at radius 2 is 1.87 bits per heavy atom. The van der Waals surface area contributed by atoms with Gasteiger partial charge in [0.25, 0.3) is 0 Å². The van der Waals surface area contributed by atoms with Crippen molar-refractivity contribution in [1.82, 2.24) is 10.6 Å². The first-order chi connectivity index (χ1) is 7.00. The van der Waals surface area contributed by atoms with Gasteiger partial charge in [-0.3, -0.25) is 9.59 Å². The molecule has 1 unspecified atom stereocenters. The van der Waals surface area contributed by atoms with Gasteiger partial charge in [0.05, 0.1) is 12.0 Å². The van der Waals surface area contributed by atoms with E-state index >= 15 is 0 Å². The van der Waals surface area contributed by atoms with Crippen molar-refractivity contribution < 1.29 is 9.59 Å². The highest BCUT2D eigenvalue weighted by Crippen LogP contribution is 2.18. The monoisotopic (exact) mass is 215 g/mol. The van der Waals surface area contributed by atoms with Gasteiger partial charge >= 0.3 is 0 Å². The Morgan fingerprint density at radius 3 is 2.27 bits per heavy atom. The molecule has 0 spiro atoms. The quantitative estimate of drug-likeness (QED) is 0.564. The van der Waals surface area contributed by atoms with E-state index in [1.807, 2.05) is 13.8 Å². The van der Waals surface area contributed by atoms with Gasteiger partial charge in [0.1, 0.15) is 0 Å². The van der Waals surface area contributed by atoms with E-state index in [4.69, 9.17) is 5.73 Å². The highest BCUT2D eigenvalue weighted by Gasteiger charge is 2.29. The molecular formula is C10H21N3O2. The van der Waals surface area contributed by atoms with E-state index in [9.17, 15) is 9.59 Å². The molecule has 0 aliphatic carbocycles. The first-order valence-electron chi connectivity index (χ1n) is 5.25. The lowest BCUT2D eigenvalue weighted by atomic mass is 9.87. The zero-order valence-electron chi connectivity index (χ0n) is 9.72. The third-order valence-corrected chi connectivity index (χ3v) is 2.56. The van der Waals surface area contributed by atoms with E-state index in [1.165, 1.54) is 0 Å². The summed E-state index contributed by atoms with van der Waals surface area (Å²) < 4.78 is 0. The van der Waals surface area contributed by atoms with Crippen LogP contribution in [0.25, 0.3) is 0 Å². The maximum absolute atomic E-state index is 11.7. The van der Waals surface area contributed by atoms with Crippen LogP contribution in [-0.4, -0.2) is 31.4 Å². The topological polar surface area (TPSA) is 84.2 Å². The Kier molecular flexibility index (Phi) is 5.93. The van der Waals surface area contributed by atoms with Crippen molar-refractivity contribution in [1.29, 1.82) is 0 Å². The molecule has 0 aliphatic heterocycles. The molecule has 2 amide bonds. The molecule has 0 aromatic heterocycles. The van der Waals surface area contributed by atoms with Crippen LogP contribution in [0.1, 0.15) is 27.2 Å². The van der Waals surface area contributed by atoms with Crippen LogP contribution in [0.2, 0.25) is 0 Å². The fraction of sp³-hybridized carbons (Fsp3) is 0.800. The molecule has 0 radical (unpaired) electrons. The number of carbonyl (C=O) groups excluding carboxylic acids is 2. The van der Waals surface area contributed by atoms with Crippen LogP contribution in [0.3, 0.4) is 0 Å². The van der Waals surface area contributed by atoms with Gasteiger partial charge in [-0.15, -0.1) is 0 Å². The summed E-state index contributed by atoms with van der Waals surface area (Å²) in [4.78, 5) is 22.8. The maximum atomic E-state index is 11.7. The molecule has 0 aromatic rings. The van der Waals surface area contributed by atoms with Gasteiger partial charge in [-0.1, -0.05) is 6.92 Å². The van der Waals surface area contributed by atoms with E-state index in [2.05, 4.69) is 10.6 Å². The average Bonchev–Trinajstić information content (AvgIpc) is 2.25. The smallest absolute Gasteiger partial charge is 0.239 e. The maximum Gasteiger partial charge on any atom is 0.239 e. The minimum atomic E-state index is -0.577. The van der Waals surface area contributed by atoms with Crippen molar-refractivity contribution in [2.24, 2.45) is 11.1 Å². The van der Waals surface area contributed by atoms with E-state index in [-0.39, 0.29) is 24.9 Å². The molecular weight excluding hydrogens is 194 g/mol. The lowest BCUT2D eigenvalue weighted by Crippen LogP contribution is -2.46. The molecule has 0 aromatic carbocycles. The standard InChI is InChI=1S/C10H21N3O2/c1-4-10(3,7-11)9(15)13-6-8(14)12-5-2/h4-7,11H2,1-3H3,(H,12,14)(H,13,15). The molecule has 0 saturated carbocycles. The van der Waals surface area contributed by atoms with Gasteiger partial charge < -0.3 is 16.4 Å². The van der Waals surface area contributed by atoms with Gasteiger partial charge in [-0.2, -0.15) is 0 Å². The number of rotatable bonds is 6. The Bertz CT molecular complexity index is 225. The van der Waals surface area contributed by atoms with Gasteiger partial charge in [0, 0.05) is 13.1 Å². The average molecular weight is 215 g/mol. The Morgan fingerprint density at radius 1 is 1.27 bits per heavy atom. The summed E-state index contributed by atoms with van der Waals surface area (Å²) in [7, 11) is 0. The molecule has 0 rings (SSSR count). The Labute approximate surface area is 90.8 Å². The van der Waals surface area contributed by atoms with Gasteiger partial charge in [-0.05, 0) is 20.3 Å². The van der Waals surface area contributed by atoms with Crippen LogP contribution in [0.15, 0.2) is 0 Å². The molecule has 4 N–H and O–H groups in total. The SMILES string of the molecule is CCNC(=O)CNC(=O)C(C)(CC)CN. The second-order valence-electron chi connectivity index (χ2n) is 3.75. The van der Waals surface area contributed by atoms with Crippen molar-refractivity contribution in [2.75, 3.05) is 19.6 Å². The fourth-order valence-corrected chi connectivity index (χ4v) is 1.03. The van der Waals surface area contributed by atoms with Crippen LogP contribution >= 0.6 is 0 Å². The van der Waals surface area contributed by atoms with Crippen LogP contribution in [0.4, 0.5) is 0 Å². The molecule has 0 fully saturated rings. The van der Waals surface area contributed by atoms with Crippen LogP contribution in [0, 0.1) is 5.41 Å². The predicted octanol–water partition coefficient (Wildman–Crippen LogP) is -0.386. The summed E-state index contributed by atoms with van der Waals surface area (Å²) >= 11 is 0. The minimum Gasteiger partial charge on any atom is -0.355 e.